The number of hydrogen-bond donors (Lipinski definition) is 1. The highest BCUT2D eigenvalue weighted by Crippen LogP contribution is 2.30. The molecular weight excluding hydrogens is 487 g/mol. The summed E-state index contributed by atoms with van der Waals surface area (Å²) in [5, 5.41) is 3.64. The molecule has 0 aliphatic heterocycles. The van der Waals surface area contributed by atoms with Crippen molar-refractivity contribution in [2.75, 3.05) is 26.1 Å². The lowest BCUT2D eigenvalue weighted by molar-refractivity contribution is -0.116. The van der Waals surface area contributed by atoms with Crippen LogP contribution in [0.25, 0.3) is 0 Å². The number of methoxy groups -OCH3 is 2. The van der Waals surface area contributed by atoms with E-state index in [-0.39, 0.29) is 11.4 Å². The van der Waals surface area contributed by atoms with Gasteiger partial charge in [-0.2, -0.15) is 4.31 Å². The number of nitrogens with zero attached hydrogens (tertiary/aromatic N) is 1. The fraction of sp³-hybridized carbons (Fsp3) is 0.174. The molecule has 0 radical (unpaired) electrons. The van der Waals surface area contributed by atoms with Crippen molar-refractivity contribution in [3.8, 4) is 11.5 Å². The van der Waals surface area contributed by atoms with Crippen molar-refractivity contribution >= 4 is 44.8 Å². The van der Waals surface area contributed by atoms with Crippen LogP contribution >= 0.6 is 23.2 Å². The fourth-order valence-electron chi connectivity index (χ4n) is 3.05. The number of halogens is 2. The monoisotopic (exact) mass is 508 g/mol. The second-order valence-corrected chi connectivity index (χ2v) is 9.78. The number of hydrogen-bond acceptors (Lipinski definition) is 5. The van der Waals surface area contributed by atoms with Crippen molar-refractivity contribution in [1.29, 1.82) is 0 Å². The highest BCUT2D eigenvalue weighted by molar-refractivity contribution is 7.89. The molecule has 0 aromatic heterocycles. The zero-order valence-electron chi connectivity index (χ0n) is 17.9. The lowest BCUT2D eigenvalue weighted by atomic mass is 10.2. The van der Waals surface area contributed by atoms with Crippen LogP contribution in [0, 0.1) is 0 Å². The van der Waals surface area contributed by atoms with E-state index in [1.807, 2.05) is 0 Å². The van der Waals surface area contributed by atoms with E-state index in [9.17, 15) is 13.2 Å². The Hall–Kier alpha value is -2.78. The lowest BCUT2D eigenvalue weighted by Crippen LogP contribution is -2.37. The molecular formula is C23H22Cl2N2O5S. The molecule has 0 spiro atoms. The first-order valence-electron chi connectivity index (χ1n) is 9.75. The molecule has 7 nitrogen and oxygen atoms in total. The molecule has 0 fully saturated rings. The summed E-state index contributed by atoms with van der Waals surface area (Å²) in [6.45, 7) is -0.441. The van der Waals surface area contributed by atoms with Crippen molar-refractivity contribution in [2.24, 2.45) is 0 Å². The zero-order valence-corrected chi connectivity index (χ0v) is 20.2. The number of benzene rings is 3. The maximum atomic E-state index is 13.3. The Bertz CT molecular complexity index is 1220. The van der Waals surface area contributed by atoms with Crippen LogP contribution in [-0.4, -0.2) is 39.4 Å². The normalized spacial score (nSPS) is 11.3. The second-order valence-electron chi connectivity index (χ2n) is 6.97. The molecule has 0 saturated heterocycles. The number of rotatable bonds is 9. The maximum absolute atomic E-state index is 13.3. The zero-order chi connectivity index (χ0) is 24.0. The van der Waals surface area contributed by atoms with E-state index in [2.05, 4.69) is 5.32 Å². The third-order valence-corrected chi connectivity index (χ3v) is 7.02. The standard InChI is InChI=1S/C23H22Cl2N2O5S/c1-31-21-12-9-19(13-22(21)32-2)26-23(28)15-27(14-16-3-5-17(24)6-4-16)33(29,30)20-10-7-18(25)8-11-20/h3-13H,14-15H2,1-2H3,(H,26,28). The number of carbonyl (C=O) groups is 1. The van der Waals surface area contributed by atoms with Gasteiger partial charge in [0.25, 0.3) is 0 Å². The number of nitrogens with one attached hydrogen (secondary N) is 1. The molecule has 0 aliphatic rings. The molecule has 1 amide bonds. The second kappa shape index (κ2) is 10.9. The number of carbonyl (C=O) groups excluding carboxylic acids is 1. The third kappa shape index (κ3) is 6.39. The number of anilines is 1. The molecule has 10 heteroatoms. The topological polar surface area (TPSA) is 84.9 Å². The largest absolute Gasteiger partial charge is 0.493 e. The van der Waals surface area contributed by atoms with Crippen LogP contribution in [0.4, 0.5) is 5.69 Å². The SMILES string of the molecule is COc1ccc(NC(=O)CN(Cc2ccc(Cl)cc2)S(=O)(=O)c2ccc(Cl)cc2)cc1OC. The van der Waals surface area contributed by atoms with E-state index in [1.165, 1.54) is 38.5 Å². The van der Waals surface area contributed by atoms with Crippen molar-refractivity contribution in [3.05, 3.63) is 82.3 Å². The molecule has 0 heterocycles. The van der Waals surface area contributed by atoms with E-state index in [4.69, 9.17) is 32.7 Å². The van der Waals surface area contributed by atoms with Crippen LogP contribution in [-0.2, 0) is 21.4 Å². The van der Waals surface area contributed by atoms with Crippen LogP contribution in [0.1, 0.15) is 5.56 Å². The predicted molar refractivity (Wildman–Crippen MR) is 129 cm³/mol. The molecule has 3 aromatic carbocycles. The van der Waals surface area contributed by atoms with E-state index < -0.39 is 22.5 Å². The highest BCUT2D eigenvalue weighted by Gasteiger charge is 2.27. The summed E-state index contributed by atoms with van der Waals surface area (Å²) in [6.07, 6.45) is 0. The van der Waals surface area contributed by atoms with E-state index in [0.29, 0.717) is 32.8 Å². The van der Waals surface area contributed by atoms with Gasteiger partial charge < -0.3 is 14.8 Å². The first-order chi connectivity index (χ1) is 15.7. The van der Waals surface area contributed by atoms with Gasteiger partial charge in [0.15, 0.2) is 11.5 Å². The van der Waals surface area contributed by atoms with Crippen molar-refractivity contribution in [2.45, 2.75) is 11.4 Å². The quantitative estimate of drug-likeness (QED) is 0.446. The van der Waals surface area contributed by atoms with Gasteiger partial charge in [-0.25, -0.2) is 8.42 Å². The molecule has 3 aromatic rings. The van der Waals surface area contributed by atoms with Gasteiger partial charge in [-0.1, -0.05) is 35.3 Å². The molecule has 0 atom stereocenters. The van der Waals surface area contributed by atoms with Crippen molar-refractivity contribution < 1.29 is 22.7 Å². The minimum Gasteiger partial charge on any atom is -0.493 e. The Labute approximate surface area is 202 Å². The Morgan fingerprint density at radius 1 is 0.879 bits per heavy atom. The van der Waals surface area contributed by atoms with Gasteiger partial charge in [0.05, 0.1) is 25.7 Å². The van der Waals surface area contributed by atoms with Crippen molar-refractivity contribution in [3.63, 3.8) is 0 Å². The van der Waals surface area contributed by atoms with Crippen LogP contribution in [0.3, 0.4) is 0 Å². The first kappa shape index (κ1) is 24.9. The molecule has 1 N–H and O–H groups in total. The molecule has 0 unspecified atom stereocenters. The highest BCUT2D eigenvalue weighted by atomic mass is 35.5. The lowest BCUT2D eigenvalue weighted by Gasteiger charge is -2.22. The average molecular weight is 509 g/mol. The molecule has 174 valence electrons. The maximum Gasteiger partial charge on any atom is 0.243 e. The van der Waals surface area contributed by atoms with Gasteiger partial charge in [0.1, 0.15) is 0 Å². The molecule has 0 saturated carbocycles. The van der Waals surface area contributed by atoms with Gasteiger partial charge in [0, 0.05) is 28.3 Å². The Kier molecular flexibility index (Phi) is 8.20. The summed E-state index contributed by atoms with van der Waals surface area (Å²) >= 11 is 11.8. The van der Waals surface area contributed by atoms with Gasteiger partial charge in [-0.15, -0.1) is 0 Å². The molecule has 0 aliphatic carbocycles. The van der Waals surface area contributed by atoms with E-state index >= 15 is 0 Å². The molecule has 33 heavy (non-hydrogen) atoms. The minimum atomic E-state index is -4.00. The van der Waals surface area contributed by atoms with Crippen LogP contribution < -0.4 is 14.8 Å². The Balaban J connectivity index is 1.86. The Morgan fingerprint density at radius 3 is 2.03 bits per heavy atom. The third-order valence-electron chi connectivity index (χ3n) is 4.71. The summed E-state index contributed by atoms with van der Waals surface area (Å²) < 4.78 is 38.2. The van der Waals surface area contributed by atoms with E-state index in [0.717, 1.165) is 4.31 Å². The summed E-state index contributed by atoms with van der Waals surface area (Å²) in [5.41, 5.74) is 1.11. The van der Waals surface area contributed by atoms with E-state index in [1.54, 1.807) is 42.5 Å². The predicted octanol–water partition coefficient (Wildman–Crippen LogP) is 4.84. The smallest absolute Gasteiger partial charge is 0.243 e. The van der Waals surface area contributed by atoms with Crippen molar-refractivity contribution in [1.82, 2.24) is 4.31 Å². The summed E-state index contributed by atoms with van der Waals surface area (Å²) in [6, 6.07) is 17.4. The van der Waals surface area contributed by atoms with Gasteiger partial charge in [-0.3, -0.25) is 4.79 Å². The van der Waals surface area contributed by atoms with Crippen LogP contribution in [0.5, 0.6) is 11.5 Å². The van der Waals surface area contributed by atoms with Crippen LogP contribution in [0.15, 0.2) is 71.6 Å². The van der Waals surface area contributed by atoms with Gasteiger partial charge in [-0.05, 0) is 54.1 Å². The average Bonchev–Trinajstić information content (AvgIpc) is 2.80. The van der Waals surface area contributed by atoms with Gasteiger partial charge >= 0.3 is 0 Å². The summed E-state index contributed by atoms with van der Waals surface area (Å²) in [5.74, 6) is 0.418. The fourth-order valence-corrected chi connectivity index (χ4v) is 4.69. The van der Waals surface area contributed by atoms with Crippen LogP contribution in [0.2, 0.25) is 10.0 Å². The molecule has 0 bridgehead atoms. The number of ether oxygens (including phenoxy) is 2. The summed E-state index contributed by atoms with van der Waals surface area (Å²) in [4.78, 5) is 12.8. The number of amides is 1. The first-order valence-corrected chi connectivity index (χ1v) is 11.9. The molecule has 3 rings (SSSR count). The van der Waals surface area contributed by atoms with Gasteiger partial charge in [0.2, 0.25) is 15.9 Å². The summed E-state index contributed by atoms with van der Waals surface area (Å²) in [7, 11) is -1.01. The minimum absolute atomic E-state index is 0.0263. The Morgan fingerprint density at radius 2 is 1.45 bits per heavy atom. The number of sulfonamides is 1.